The van der Waals surface area contributed by atoms with E-state index in [4.69, 9.17) is 15.8 Å². The lowest BCUT2D eigenvalue weighted by molar-refractivity contribution is 0.650. The lowest BCUT2D eigenvalue weighted by Gasteiger charge is -2.25. The van der Waals surface area contributed by atoms with Crippen LogP contribution in [0, 0.1) is 34.0 Å². The maximum Gasteiger partial charge on any atom is 0.113 e. The summed E-state index contributed by atoms with van der Waals surface area (Å²) in [5.41, 5.74) is 7.91. The van der Waals surface area contributed by atoms with Crippen molar-refractivity contribution in [2.45, 2.75) is 19.6 Å². The van der Waals surface area contributed by atoms with E-state index < -0.39 is 0 Å². The summed E-state index contributed by atoms with van der Waals surface area (Å²) in [5, 5.41) is 35.9. The van der Waals surface area contributed by atoms with Gasteiger partial charge in [0.05, 0.1) is 47.6 Å². The molecule has 4 aromatic carbocycles. The summed E-state index contributed by atoms with van der Waals surface area (Å²) in [7, 11) is 0. The summed E-state index contributed by atoms with van der Waals surface area (Å²) in [6.45, 7) is 1.89. The van der Waals surface area contributed by atoms with Crippen molar-refractivity contribution in [3.63, 3.8) is 0 Å². The molecule has 7 heteroatoms. The summed E-state index contributed by atoms with van der Waals surface area (Å²) in [6.07, 6.45) is 1.92. The van der Waals surface area contributed by atoms with Crippen molar-refractivity contribution < 1.29 is 0 Å². The zero-order valence-corrected chi connectivity index (χ0v) is 21.1. The summed E-state index contributed by atoms with van der Waals surface area (Å²) in [5.74, 6) is 0. The molecule has 1 aromatic heterocycles. The lowest BCUT2D eigenvalue weighted by Crippen LogP contribution is -2.22. The van der Waals surface area contributed by atoms with E-state index in [2.05, 4.69) is 45.6 Å². The highest BCUT2D eigenvalue weighted by atomic mass is 15.4. The molecule has 0 radical (unpaired) electrons. The third-order valence-corrected chi connectivity index (χ3v) is 6.41. The highest BCUT2D eigenvalue weighted by molar-refractivity contribution is 5.62. The smallest absolute Gasteiger partial charge is 0.113 e. The summed E-state index contributed by atoms with van der Waals surface area (Å²) < 4.78 is 1.78. The van der Waals surface area contributed by atoms with Crippen LogP contribution in [0.25, 0.3) is 11.3 Å². The molecule has 0 fully saturated rings. The molecule has 39 heavy (non-hydrogen) atoms. The zero-order chi connectivity index (χ0) is 27.0. The average Bonchev–Trinajstić information content (AvgIpc) is 3.46. The van der Waals surface area contributed by atoms with Gasteiger partial charge in [0.25, 0.3) is 0 Å². The van der Waals surface area contributed by atoms with Gasteiger partial charge in [-0.3, -0.25) is 0 Å². The van der Waals surface area contributed by atoms with Gasteiger partial charge < -0.3 is 4.90 Å². The van der Waals surface area contributed by atoms with Gasteiger partial charge in [-0.15, -0.1) is 5.10 Å². The maximum atomic E-state index is 9.14. The molecule has 0 N–H and O–H groups in total. The molecular weight excluding hydrogens is 482 g/mol. The predicted molar refractivity (Wildman–Crippen MR) is 148 cm³/mol. The first-order valence-corrected chi connectivity index (χ1v) is 12.4. The van der Waals surface area contributed by atoms with Gasteiger partial charge in [0.2, 0.25) is 0 Å². The first-order chi connectivity index (χ1) is 19.1. The standard InChI is InChI=1S/C32H23N7/c33-17-24-1-7-27(8-2-24)20-38(21-28-9-3-25(18-34)4-10-28)31-15-13-30(14-16-31)32-23-39(37-36-32)22-29-11-5-26(19-35)6-12-29/h1-16,23H,20-22H2. The van der Waals surface area contributed by atoms with Crippen molar-refractivity contribution in [3.8, 4) is 29.5 Å². The Morgan fingerprint density at radius 2 is 1.05 bits per heavy atom. The molecule has 0 saturated carbocycles. The molecule has 186 valence electrons. The van der Waals surface area contributed by atoms with Gasteiger partial charge in [-0.05, 0) is 65.2 Å². The van der Waals surface area contributed by atoms with Crippen LogP contribution in [0.1, 0.15) is 33.4 Å². The molecular formula is C32H23N7. The molecule has 0 saturated heterocycles. The van der Waals surface area contributed by atoms with Gasteiger partial charge in [0.1, 0.15) is 5.69 Å². The van der Waals surface area contributed by atoms with E-state index in [0.717, 1.165) is 33.6 Å². The Morgan fingerprint density at radius 3 is 1.51 bits per heavy atom. The minimum absolute atomic E-state index is 0.569. The van der Waals surface area contributed by atoms with Gasteiger partial charge in [-0.25, -0.2) is 4.68 Å². The van der Waals surface area contributed by atoms with Crippen molar-refractivity contribution in [2.24, 2.45) is 0 Å². The fourth-order valence-corrected chi connectivity index (χ4v) is 4.27. The Labute approximate surface area is 227 Å². The van der Waals surface area contributed by atoms with Crippen LogP contribution in [0.5, 0.6) is 0 Å². The monoisotopic (exact) mass is 505 g/mol. The maximum absolute atomic E-state index is 9.14. The van der Waals surface area contributed by atoms with Crippen LogP contribution in [0.4, 0.5) is 5.69 Å². The van der Waals surface area contributed by atoms with Crippen LogP contribution in [0.3, 0.4) is 0 Å². The molecule has 0 aliphatic carbocycles. The largest absolute Gasteiger partial charge is 0.363 e. The highest BCUT2D eigenvalue weighted by Crippen LogP contribution is 2.25. The summed E-state index contributed by atoms with van der Waals surface area (Å²) >= 11 is 0. The third-order valence-electron chi connectivity index (χ3n) is 6.41. The van der Waals surface area contributed by atoms with Gasteiger partial charge in [-0.2, -0.15) is 15.8 Å². The molecule has 0 atom stereocenters. The molecule has 5 rings (SSSR count). The van der Waals surface area contributed by atoms with Gasteiger partial charge in [0, 0.05) is 24.3 Å². The van der Waals surface area contributed by atoms with Gasteiger partial charge in [0.15, 0.2) is 0 Å². The number of nitrogens with zero attached hydrogens (tertiary/aromatic N) is 7. The normalized spacial score (nSPS) is 10.3. The van der Waals surface area contributed by atoms with E-state index >= 15 is 0 Å². The number of aromatic nitrogens is 3. The van der Waals surface area contributed by atoms with E-state index in [1.165, 1.54) is 0 Å². The van der Waals surface area contributed by atoms with E-state index in [0.29, 0.717) is 36.3 Å². The van der Waals surface area contributed by atoms with Crippen molar-refractivity contribution in [2.75, 3.05) is 4.90 Å². The Balaban J connectivity index is 1.35. The number of hydrogen-bond donors (Lipinski definition) is 0. The first kappa shape index (κ1) is 25.0. The fourth-order valence-electron chi connectivity index (χ4n) is 4.27. The highest BCUT2D eigenvalue weighted by Gasteiger charge is 2.11. The molecule has 0 bridgehead atoms. The molecule has 0 aliphatic rings. The van der Waals surface area contributed by atoms with Crippen LogP contribution in [0.15, 0.2) is 103 Å². The Kier molecular flexibility index (Phi) is 7.40. The van der Waals surface area contributed by atoms with E-state index in [9.17, 15) is 0 Å². The van der Waals surface area contributed by atoms with Gasteiger partial charge in [-0.1, -0.05) is 53.7 Å². The number of benzene rings is 4. The number of anilines is 1. The van der Waals surface area contributed by atoms with Gasteiger partial charge >= 0.3 is 0 Å². The molecule has 0 aliphatic heterocycles. The second kappa shape index (κ2) is 11.6. The zero-order valence-electron chi connectivity index (χ0n) is 21.1. The van der Waals surface area contributed by atoms with Crippen LogP contribution < -0.4 is 4.90 Å². The lowest BCUT2D eigenvalue weighted by atomic mass is 10.1. The molecule has 5 aromatic rings. The number of hydrogen-bond acceptors (Lipinski definition) is 6. The first-order valence-electron chi connectivity index (χ1n) is 12.4. The second-order valence-electron chi connectivity index (χ2n) is 9.13. The van der Waals surface area contributed by atoms with E-state index in [1.807, 2.05) is 79.0 Å². The summed E-state index contributed by atoms with van der Waals surface area (Å²) in [6, 6.07) is 37.4. The van der Waals surface area contributed by atoms with E-state index in [-0.39, 0.29) is 0 Å². The number of rotatable bonds is 8. The SMILES string of the molecule is N#Cc1ccc(CN(Cc2ccc(C#N)cc2)c2ccc(-c3cn(Cc4ccc(C#N)cc4)nn3)cc2)cc1. The Hall–Kier alpha value is -5.71. The van der Waals surface area contributed by atoms with Crippen LogP contribution in [0.2, 0.25) is 0 Å². The minimum Gasteiger partial charge on any atom is -0.363 e. The predicted octanol–water partition coefficient (Wildman–Crippen LogP) is 5.82. The Morgan fingerprint density at radius 1 is 0.590 bits per heavy atom. The number of nitriles is 3. The van der Waals surface area contributed by atoms with Crippen LogP contribution in [-0.4, -0.2) is 15.0 Å². The third kappa shape index (κ3) is 6.17. The van der Waals surface area contributed by atoms with Crippen molar-refractivity contribution in [1.29, 1.82) is 15.8 Å². The molecule has 0 spiro atoms. The molecule has 1 heterocycles. The Bertz CT molecular complexity index is 1620. The fraction of sp³-hybridized carbons (Fsp3) is 0.0938. The molecule has 7 nitrogen and oxygen atoms in total. The van der Waals surface area contributed by atoms with E-state index in [1.54, 1.807) is 16.8 Å². The minimum atomic E-state index is 0.569. The van der Waals surface area contributed by atoms with Crippen molar-refractivity contribution >= 4 is 5.69 Å². The second-order valence-corrected chi connectivity index (χ2v) is 9.13. The van der Waals surface area contributed by atoms with Crippen molar-refractivity contribution in [1.82, 2.24) is 15.0 Å². The van der Waals surface area contributed by atoms with Crippen LogP contribution in [-0.2, 0) is 19.6 Å². The topological polar surface area (TPSA) is 105 Å². The van der Waals surface area contributed by atoms with Crippen molar-refractivity contribution in [3.05, 3.63) is 137 Å². The summed E-state index contributed by atoms with van der Waals surface area (Å²) in [4.78, 5) is 2.26. The van der Waals surface area contributed by atoms with Crippen LogP contribution >= 0.6 is 0 Å². The quantitative estimate of drug-likeness (QED) is 0.263. The molecule has 0 unspecified atom stereocenters. The average molecular weight is 506 g/mol. The molecule has 0 amide bonds.